The van der Waals surface area contributed by atoms with Crippen molar-refractivity contribution in [1.29, 1.82) is 0 Å². The fourth-order valence-electron chi connectivity index (χ4n) is 3.12. The first-order valence-corrected chi connectivity index (χ1v) is 9.08. The van der Waals surface area contributed by atoms with Crippen LogP contribution in [0.4, 0.5) is 4.79 Å². The van der Waals surface area contributed by atoms with E-state index in [0.717, 1.165) is 42.3 Å². The van der Waals surface area contributed by atoms with Crippen LogP contribution in [0.5, 0.6) is 0 Å². The Kier molecular flexibility index (Phi) is 4.61. The van der Waals surface area contributed by atoms with E-state index in [1.807, 2.05) is 0 Å². The Hall–Kier alpha value is -1.57. The van der Waals surface area contributed by atoms with Crippen molar-refractivity contribution in [2.24, 2.45) is 5.41 Å². The summed E-state index contributed by atoms with van der Waals surface area (Å²) in [4.78, 5) is 48.8. The van der Waals surface area contributed by atoms with E-state index in [0.29, 0.717) is 12.8 Å². The Morgan fingerprint density at radius 3 is 2.43 bits per heavy atom. The van der Waals surface area contributed by atoms with E-state index in [9.17, 15) is 19.2 Å². The number of carbonyl (C=O) groups excluding carboxylic acids is 4. The van der Waals surface area contributed by atoms with Crippen molar-refractivity contribution in [3.63, 3.8) is 0 Å². The lowest BCUT2D eigenvalue weighted by Crippen LogP contribution is -2.47. The van der Waals surface area contributed by atoms with Crippen molar-refractivity contribution >= 4 is 34.7 Å². The lowest BCUT2D eigenvalue weighted by molar-refractivity contribution is -0.138. The van der Waals surface area contributed by atoms with Gasteiger partial charge < -0.3 is 10.6 Å². The molecule has 2 saturated carbocycles. The van der Waals surface area contributed by atoms with Crippen LogP contribution in [0.2, 0.25) is 0 Å². The highest BCUT2D eigenvalue weighted by molar-refractivity contribution is 8.14. The monoisotopic (exact) mass is 339 g/mol. The smallest absolute Gasteiger partial charge is 0.288 e. The maximum absolute atomic E-state index is 12.4. The average Bonchev–Trinajstić information content (AvgIpc) is 3.09. The molecule has 0 aromatic carbocycles. The molecule has 3 rings (SSSR count). The van der Waals surface area contributed by atoms with E-state index in [2.05, 4.69) is 10.6 Å². The van der Waals surface area contributed by atoms with Gasteiger partial charge in [0, 0.05) is 19.1 Å². The van der Waals surface area contributed by atoms with Gasteiger partial charge in [0.2, 0.25) is 17.7 Å². The summed E-state index contributed by atoms with van der Waals surface area (Å²) >= 11 is 0.973. The molecule has 126 valence electrons. The van der Waals surface area contributed by atoms with Crippen LogP contribution in [0.25, 0.3) is 0 Å². The molecule has 1 heterocycles. The van der Waals surface area contributed by atoms with E-state index in [1.165, 1.54) is 0 Å². The van der Waals surface area contributed by atoms with Gasteiger partial charge in [-0.15, -0.1) is 0 Å². The molecule has 0 unspecified atom stereocenters. The maximum Gasteiger partial charge on any atom is 0.288 e. The SMILES string of the molecule is O=C1CSC(=O)N1CCNC(=O)C1(C(=O)NC2CCCC2)CC1. The van der Waals surface area contributed by atoms with Crippen LogP contribution in [0.1, 0.15) is 38.5 Å². The van der Waals surface area contributed by atoms with Crippen molar-refractivity contribution in [2.75, 3.05) is 18.8 Å². The van der Waals surface area contributed by atoms with E-state index in [-0.39, 0.29) is 47.8 Å². The number of hydrogen-bond acceptors (Lipinski definition) is 5. The second-order valence-corrected chi connectivity index (χ2v) is 7.32. The second-order valence-electron chi connectivity index (χ2n) is 6.39. The second kappa shape index (κ2) is 6.51. The van der Waals surface area contributed by atoms with E-state index >= 15 is 0 Å². The summed E-state index contributed by atoms with van der Waals surface area (Å²) in [6, 6.07) is 0.199. The van der Waals surface area contributed by atoms with Crippen molar-refractivity contribution in [2.45, 2.75) is 44.6 Å². The predicted molar refractivity (Wildman–Crippen MR) is 84.6 cm³/mol. The zero-order valence-corrected chi connectivity index (χ0v) is 13.7. The lowest BCUT2D eigenvalue weighted by atomic mass is 10.0. The molecule has 8 heteroatoms. The summed E-state index contributed by atoms with van der Waals surface area (Å²) in [6.07, 6.45) is 5.35. The molecule has 3 aliphatic rings. The Bertz CT molecular complexity index is 525. The maximum atomic E-state index is 12.4. The molecule has 4 amide bonds. The van der Waals surface area contributed by atoms with Gasteiger partial charge in [0.15, 0.2) is 0 Å². The van der Waals surface area contributed by atoms with E-state index < -0.39 is 5.41 Å². The van der Waals surface area contributed by atoms with Gasteiger partial charge in [-0.25, -0.2) is 0 Å². The summed E-state index contributed by atoms with van der Waals surface area (Å²) in [5.41, 5.74) is -0.934. The fourth-order valence-corrected chi connectivity index (χ4v) is 3.88. The number of nitrogens with zero attached hydrogens (tertiary/aromatic N) is 1. The van der Waals surface area contributed by atoms with Crippen LogP contribution in [0, 0.1) is 5.41 Å². The minimum absolute atomic E-state index is 0.163. The summed E-state index contributed by atoms with van der Waals surface area (Å²) in [7, 11) is 0. The summed E-state index contributed by atoms with van der Waals surface area (Å²) in [5, 5.41) is 5.42. The minimum Gasteiger partial charge on any atom is -0.353 e. The molecule has 2 aliphatic carbocycles. The Balaban J connectivity index is 1.46. The van der Waals surface area contributed by atoms with Gasteiger partial charge in [0.05, 0.1) is 5.75 Å². The molecule has 0 spiro atoms. The van der Waals surface area contributed by atoms with Gasteiger partial charge in [-0.1, -0.05) is 24.6 Å². The van der Waals surface area contributed by atoms with Crippen LogP contribution in [0.15, 0.2) is 0 Å². The number of nitrogens with one attached hydrogen (secondary N) is 2. The van der Waals surface area contributed by atoms with Gasteiger partial charge in [-0.05, 0) is 25.7 Å². The van der Waals surface area contributed by atoms with Crippen LogP contribution in [-0.2, 0) is 14.4 Å². The third-order valence-corrected chi connectivity index (χ3v) is 5.63. The van der Waals surface area contributed by atoms with Gasteiger partial charge in [-0.2, -0.15) is 0 Å². The fraction of sp³-hybridized carbons (Fsp3) is 0.733. The van der Waals surface area contributed by atoms with E-state index in [4.69, 9.17) is 0 Å². The normalized spacial score (nSPS) is 23.2. The first-order valence-electron chi connectivity index (χ1n) is 8.09. The molecule has 23 heavy (non-hydrogen) atoms. The van der Waals surface area contributed by atoms with Crippen molar-refractivity contribution in [3.05, 3.63) is 0 Å². The molecule has 0 aromatic heterocycles. The average molecular weight is 339 g/mol. The zero-order chi connectivity index (χ0) is 16.4. The molecule has 0 bridgehead atoms. The number of imide groups is 1. The molecule has 2 N–H and O–H groups in total. The number of amides is 4. The molecule has 3 fully saturated rings. The molecule has 1 aliphatic heterocycles. The third-order valence-electron chi connectivity index (χ3n) is 4.77. The highest BCUT2D eigenvalue weighted by atomic mass is 32.2. The predicted octanol–water partition coefficient (Wildman–Crippen LogP) is 0.637. The molecule has 0 radical (unpaired) electrons. The van der Waals surface area contributed by atoms with Crippen LogP contribution < -0.4 is 10.6 Å². The first kappa shape index (κ1) is 16.3. The summed E-state index contributed by atoms with van der Waals surface area (Å²) < 4.78 is 0. The van der Waals surface area contributed by atoms with Gasteiger partial charge in [0.1, 0.15) is 5.41 Å². The van der Waals surface area contributed by atoms with Crippen LogP contribution in [-0.4, -0.2) is 52.7 Å². The van der Waals surface area contributed by atoms with E-state index in [1.54, 1.807) is 0 Å². The molecular weight excluding hydrogens is 318 g/mol. The topological polar surface area (TPSA) is 95.6 Å². The third kappa shape index (κ3) is 3.36. The summed E-state index contributed by atoms with van der Waals surface area (Å²) in [5.74, 6) is -0.527. The highest BCUT2D eigenvalue weighted by Crippen LogP contribution is 2.46. The van der Waals surface area contributed by atoms with Crippen molar-refractivity contribution in [3.8, 4) is 0 Å². The Morgan fingerprint density at radius 1 is 1.17 bits per heavy atom. The van der Waals surface area contributed by atoms with Crippen molar-refractivity contribution in [1.82, 2.24) is 15.5 Å². The van der Waals surface area contributed by atoms with Crippen LogP contribution >= 0.6 is 11.8 Å². The van der Waals surface area contributed by atoms with Crippen molar-refractivity contribution < 1.29 is 19.2 Å². The molecule has 0 atom stereocenters. The number of thioether (sulfide) groups is 1. The number of carbonyl (C=O) groups is 4. The standard InChI is InChI=1S/C15H21N3O4S/c19-11-9-23-14(22)18(11)8-7-16-12(20)15(5-6-15)13(21)17-10-3-1-2-4-10/h10H,1-9H2,(H,16,20)(H,17,21). The lowest BCUT2D eigenvalue weighted by Gasteiger charge is -2.19. The highest BCUT2D eigenvalue weighted by Gasteiger charge is 2.56. The largest absolute Gasteiger partial charge is 0.353 e. The molecule has 0 aromatic rings. The zero-order valence-electron chi connectivity index (χ0n) is 12.9. The van der Waals surface area contributed by atoms with Gasteiger partial charge in [-0.3, -0.25) is 24.1 Å². The minimum atomic E-state index is -0.934. The molecular formula is C15H21N3O4S. The first-order chi connectivity index (χ1) is 11.0. The number of hydrogen-bond donors (Lipinski definition) is 2. The number of rotatable bonds is 6. The Labute approximate surface area is 138 Å². The van der Waals surface area contributed by atoms with Crippen LogP contribution in [0.3, 0.4) is 0 Å². The molecule has 1 saturated heterocycles. The quantitative estimate of drug-likeness (QED) is 0.692. The van der Waals surface area contributed by atoms with Gasteiger partial charge in [0.25, 0.3) is 5.24 Å². The Morgan fingerprint density at radius 2 is 1.87 bits per heavy atom. The summed E-state index contributed by atoms with van der Waals surface area (Å²) in [6.45, 7) is 0.353. The molecule has 7 nitrogen and oxygen atoms in total. The van der Waals surface area contributed by atoms with Gasteiger partial charge >= 0.3 is 0 Å².